The van der Waals surface area contributed by atoms with Crippen LogP contribution >= 0.6 is 23.7 Å². The third-order valence-electron chi connectivity index (χ3n) is 6.47. The lowest BCUT2D eigenvalue weighted by molar-refractivity contribution is 0.0681. The molecule has 0 aromatic carbocycles. The summed E-state index contributed by atoms with van der Waals surface area (Å²) in [5.41, 5.74) is 3.18. The van der Waals surface area contributed by atoms with Crippen LogP contribution in [0.2, 0.25) is 0 Å². The van der Waals surface area contributed by atoms with Crippen LogP contribution in [-0.4, -0.2) is 35.1 Å². The van der Waals surface area contributed by atoms with Crippen molar-refractivity contribution >= 4 is 29.7 Å². The van der Waals surface area contributed by atoms with Crippen LogP contribution in [0.1, 0.15) is 59.5 Å². The fraction of sp³-hybridized carbons (Fsp3) is 0.600. The van der Waals surface area contributed by atoms with Gasteiger partial charge in [0.05, 0.1) is 0 Å². The van der Waals surface area contributed by atoms with Gasteiger partial charge in [0.15, 0.2) is 5.69 Å². The number of amides is 1. The van der Waals surface area contributed by atoms with Crippen LogP contribution in [0.3, 0.4) is 0 Å². The van der Waals surface area contributed by atoms with E-state index < -0.39 is 0 Å². The molecule has 146 valence electrons. The Hall–Kier alpha value is -1.37. The Morgan fingerprint density at radius 2 is 2.15 bits per heavy atom. The summed E-state index contributed by atoms with van der Waals surface area (Å²) < 4.78 is 5.53. The van der Waals surface area contributed by atoms with Crippen molar-refractivity contribution in [2.45, 2.75) is 57.5 Å². The smallest absolute Gasteiger partial charge is 0.276 e. The van der Waals surface area contributed by atoms with Crippen LogP contribution in [0.15, 0.2) is 21.3 Å². The fourth-order valence-corrected chi connectivity index (χ4v) is 5.48. The number of nitrogens with one attached hydrogen (secondary N) is 1. The largest absolute Gasteiger partial charge is 0.360 e. The molecule has 1 aliphatic heterocycles. The first kappa shape index (κ1) is 19.0. The highest BCUT2D eigenvalue weighted by Crippen LogP contribution is 2.56. The number of aromatic nitrogens is 1. The molecular weight excluding hydrogens is 382 g/mol. The van der Waals surface area contributed by atoms with Gasteiger partial charge in [-0.15, -0.1) is 12.4 Å². The molecule has 1 saturated heterocycles. The van der Waals surface area contributed by atoms with Gasteiger partial charge in [-0.2, -0.15) is 11.3 Å². The Morgan fingerprint density at radius 1 is 1.33 bits per heavy atom. The Balaban J connectivity index is 0.00000180. The molecule has 5 nitrogen and oxygen atoms in total. The monoisotopic (exact) mass is 407 g/mol. The molecule has 3 heterocycles. The molecule has 3 aliphatic rings. The summed E-state index contributed by atoms with van der Waals surface area (Å²) in [7, 11) is 0. The highest BCUT2D eigenvalue weighted by Gasteiger charge is 2.58. The molecule has 27 heavy (non-hydrogen) atoms. The van der Waals surface area contributed by atoms with E-state index in [0.717, 1.165) is 56.5 Å². The molecule has 2 fully saturated rings. The third kappa shape index (κ3) is 3.43. The Bertz CT molecular complexity index is 798. The number of carbonyl (C=O) groups is 1. The number of thiophene rings is 1. The molecule has 0 bridgehead atoms. The van der Waals surface area contributed by atoms with E-state index in [4.69, 9.17) is 4.52 Å². The quantitative estimate of drug-likeness (QED) is 0.836. The molecule has 1 N–H and O–H groups in total. The number of halogens is 1. The van der Waals surface area contributed by atoms with Crippen LogP contribution in [0, 0.1) is 5.41 Å². The lowest BCUT2D eigenvalue weighted by Crippen LogP contribution is -2.39. The Kier molecular flexibility index (Phi) is 5.32. The van der Waals surface area contributed by atoms with Crippen molar-refractivity contribution in [3.63, 3.8) is 0 Å². The molecule has 5 rings (SSSR count). The van der Waals surface area contributed by atoms with Gasteiger partial charge in [-0.25, -0.2) is 0 Å². The summed E-state index contributed by atoms with van der Waals surface area (Å²) in [4.78, 5) is 15.6. The van der Waals surface area contributed by atoms with E-state index in [1.54, 1.807) is 11.3 Å². The molecule has 2 aliphatic carbocycles. The number of fused-ring (bicyclic) bond motifs is 1. The Morgan fingerprint density at radius 3 is 2.93 bits per heavy atom. The zero-order valence-corrected chi connectivity index (χ0v) is 17.0. The SMILES string of the molecule is Cl.O=C(c1noc2c1CCCC2)N(Cc1ccsc1)C1CC12CCNCC2. The lowest BCUT2D eigenvalue weighted by Gasteiger charge is -2.29. The average molecular weight is 408 g/mol. The molecular formula is C20H26ClN3O2S. The van der Waals surface area contributed by atoms with Crippen molar-refractivity contribution < 1.29 is 9.32 Å². The molecule has 2 aromatic rings. The van der Waals surface area contributed by atoms with E-state index in [1.807, 2.05) is 0 Å². The minimum atomic E-state index is 0. The summed E-state index contributed by atoms with van der Waals surface area (Å²) in [6, 6.07) is 2.47. The van der Waals surface area contributed by atoms with Gasteiger partial charge in [-0.3, -0.25) is 4.79 Å². The van der Waals surface area contributed by atoms with Crippen molar-refractivity contribution in [3.8, 4) is 0 Å². The number of carbonyl (C=O) groups excluding carboxylic acids is 1. The highest BCUT2D eigenvalue weighted by atomic mass is 35.5. The van der Waals surface area contributed by atoms with E-state index in [0.29, 0.717) is 23.7 Å². The van der Waals surface area contributed by atoms with Crippen molar-refractivity contribution in [3.05, 3.63) is 39.4 Å². The van der Waals surface area contributed by atoms with Gasteiger partial charge >= 0.3 is 0 Å². The lowest BCUT2D eigenvalue weighted by atomic mass is 9.93. The number of hydrogen-bond acceptors (Lipinski definition) is 5. The second-order valence-corrected chi connectivity index (χ2v) is 8.82. The van der Waals surface area contributed by atoms with Crippen LogP contribution in [0.5, 0.6) is 0 Å². The van der Waals surface area contributed by atoms with Crippen molar-refractivity contribution in [1.82, 2.24) is 15.4 Å². The molecule has 1 amide bonds. The average Bonchev–Trinajstić information content (AvgIpc) is 3.08. The maximum absolute atomic E-state index is 13.5. The van der Waals surface area contributed by atoms with Gasteiger partial charge in [-0.05, 0) is 79.4 Å². The minimum Gasteiger partial charge on any atom is -0.360 e. The van der Waals surface area contributed by atoms with Gasteiger partial charge < -0.3 is 14.7 Å². The number of nitrogens with zero attached hydrogens (tertiary/aromatic N) is 2. The van der Waals surface area contributed by atoms with Gasteiger partial charge in [0.2, 0.25) is 0 Å². The van der Waals surface area contributed by atoms with E-state index in [1.165, 1.54) is 18.4 Å². The highest BCUT2D eigenvalue weighted by molar-refractivity contribution is 7.07. The van der Waals surface area contributed by atoms with E-state index in [2.05, 4.69) is 32.2 Å². The number of rotatable bonds is 4. The second kappa shape index (κ2) is 7.57. The minimum absolute atomic E-state index is 0. The second-order valence-electron chi connectivity index (χ2n) is 8.04. The van der Waals surface area contributed by atoms with E-state index in [9.17, 15) is 4.79 Å². The predicted molar refractivity (Wildman–Crippen MR) is 108 cm³/mol. The maximum Gasteiger partial charge on any atom is 0.276 e. The normalized spacial score (nSPS) is 22.7. The summed E-state index contributed by atoms with van der Waals surface area (Å²) >= 11 is 1.69. The summed E-state index contributed by atoms with van der Waals surface area (Å²) in [6.45, 7) is 2.82. The molecule has 1 saturated carbocycles. The van der Waals surface area contributed by atoms with Crippen LogP contribution < -0.4 is 5.32 Å². The number of hydrogen-bond donors (Lipinski definition) is 1. The first-order chi connectivity index (χ1) is 12.8. The first-order valence-corrected chi connectivity index (χ1v) is 10.7. The summed E-state index contributed by atoms with van der Waals surface area (Å²) in [5, 5.41) is 11.9. The molecule has 1 unspecified atom stereocenters. The molecule has 0 radical (unpaired) electrons. The zero-order valence-electron chi connectivity index (χ0n) is 15.4. The standard InChI is InChI=1S/C20H25N3O2S.ClH/c24-19(18-15-3-1-2-4-16(15)25-22-18)23(12-14-5-10-26-13-14)17-11-20(17)6-8-21-9-7-20;/h5,10,13,17,21H,1-4,6-9,11-12H2;1H. The molecule has 1 spiro atoms. The van der Waals surface area contributed by atoms with Crippen molar-refractivity contribution in [2.24, 2.45) is 5.41 Å². The topological polar surface area (TPSA) is 58.4 Å². The zero-order chi connectivity index (χ0) is 17.6. The number of piperidine rings is 1. The van der Waals surface area contributed by atoms with Crippen molar-refractivity contribution in [1.29, 1.82) is 0 Å². The van der Waals surface area contributed by atoms with Gasteiger partial charge in [0.1, 0.15) is 5.76 Å². The third-order valence-corrected chi connectivity index (χ3v) is 7.20. The maximum atomic E-state index is 13.5. The van der Waals surface area contributed by atoms with Crippen LogP contribution in [-0.2, 0) is 19.4 Å². The van der Waals surface area contributed by atoms with Gasteiger partial charge in [-0.1, -0.05) is 5.16 Å². The number of aryl methyl sites for hydroxylation is 1. The van der Waals surface area contributed by atoms with Gasteiger partial charge in [0.25, 0.3) is 5.91 Å². The van der Waals surface area contributed by atoms with Gasteiger partial charge in [0, 0.05) is 24.6 Å². The fourth-order valence-electron chi connectivity index (χ4n) is 4.82. The first-order valence-electron chi connectivity index (χ1n) is 9.77. The van der Waals surface area contributed by atoms with Crippen molar-refractivity contribution in [2.75, 3.05) is 13.1 Å². The van der Waals surface area contributed by atoms with Crippen LogP contribution in [0.25, 0.3) is 0 Å². The molecule has 2 aromatic heterocycles. The molecule has 1 atom stereocenters. The van der Waals surface area contributed by atoms with Crippen LogP contribution in [0.4, 0.5) is 0 Å². The summed E-state index contributed by atoms with van der Waals surface area (Å²) in [6.07, 6.45) is 7.56. The Labute approximate surface area is 169 Å². The van der Waals surface area contributed by atoms with E-state index in [-0.39, 0.29) is 18.3 Å². The predicted octanol–water partition coefficient (Wildman–Crippen LogP) is 3.82. The molecule has 7 heteroatoms. The van der Waals surface area contributed by atoms with E-state index >= 15 is 0 Å². The summed E-state index contributed by atoms with van der Waals surface area (Å²) in [5.74, 6) is 1.01.